The third kappa shape index (κ3) is 4.96. The Labute approximate surface area is 145 Å². The number of nitrogens with two attached hydrogens (primary N) is 1. The molecular weight excluding hydrogens is 358 g/mol. The SMILES string of the molecule is CC(C)(C)OC(=O)N1CC[C@@H](Oc2ncc(S(N)(=O)=O)cc2Cl)C1. The Morgan fingerprint density at radius 3 is 2.67 bits per heavy atom. The summed E-state index contributed by atoms with van der Waals surface area (Å²) in [4.78, 5) is 17.2. The highest BCUT2D eigenvalue weighted by Crippen LogP contribution is 2.27. The van der Waals surface area contributed by atoms with E-state index in [9.17, 15) is 13.2 Å². The number of primary sulfonamides is 1. The number of pyridine rings is 1. The molecule has 24 heavy (non-hydrogen) atoms. The third-order valence-electron chi connectivity index (χ3n) is 3.19. The van der Waals surface area contributed by atoms with Crippen molar-refractivity contribution < 1.29 is 22.7 Å². The van der Waals surface area contributed by atoms with Crippen molar-refractivity contribution in [3.05, 3.63) is 17.3 Å². The van der Waals surface area contributed by atoms with Gasteiger partial charge in [-0.15, -0.1) is 0 Å². The van der Waals surface area contributed by atoms with Gasteiger partial charge in [-0.2, -0.15) is 0 Å². The van der Waals surface area contributed by atoms with Gasteiger partial charge in [0, 0.05) is 13.0 Å². The summed E-state index contributed by atoms with van der Waals surface area (Å²) in [5, 5.41) is 5.06. The summed E-state index contributed by atoms with van der Waals surface area (Å²) in [7, 11) is -3.88. The predicted molar refractivity (Wildman–Crippen MR) is 87.5 cm³/mol. The van der Waals surface area contributed by atoms with Gasteiger partial charge >= 0.3 is 6.09 Å². The van der Waals surface area contributed by atoms with Gasteiger partial charge in [0.2, 0.25) is 15.9 Å². The smallest absolute Gasteiger partial charge is 0.410 e. The van der Waals surface area contributed by atoms with Gasteiger partial charge in [0.25, 0.3) is 0 Å². The van der Waals surface area contributed by atoms with Gasteiger partial charge in [0.15, 0.2) is 0 Å². The van der Waals surface area contributed by atoms with Crippen molar-refractivity contribution in [2.75, 3.05) is 13.1 Å². The molecule has 2 rings (SSSR count). The number of carbonyl (C=O) groups is 1. The number of nitrogens with zero attached hydrogens (tertiary/aromatic N) is 2. The topological polar surface area (TPSA) is 112 Å². The lowest BCUT2D eigenvalue weighted by molar-refractivity contribution is 0.0275. The average Bonchev–Trinajstić information content (AvgIpc) is 2.86. The summed E-state index contributed by atoms with van der Waals surface area (Å²) in [5.41, 5.74) is -0.565. The molecule has 0 saturated carbocycles. The third-order valence-corrected chi connectivity index (χ3v) is 4.34. The van der Waals surface area contributed by atoms with Crippen LogP contribution in [0.3, 0.4) is 0 Å². The van der Waals surface area contributed by atoms with Crippen molar-refractivity contribution in [2.45, 2.75) is 43.8 Å². The minimum absolute atomic E-state index is 0.0391. The Morgan fingerprint density at radius 2 is 2.12 bits per heavy atom. The van der Waals surface area contributed by atoms with Crippen LogP contribution in [0, 0.1) is 0 Å². The van der Waals surface area contributed by atoms with Gasteiger partial charge in [0.05, 0.1) is 12.7 Å². The fourth-order valence-corrected chi connectivity index (χ4v) is 2.88. The molecule has 0 radical (unpaired) electrons. The van der Waals surface area contributed by atoms with E-state index in [0.717, 1.165) is 6.20 Å². The number of halogens is 1. The van der Waals surface area contributed by atoms with E-state index in [1.165, 1.54) is 6.07 Å². The maximum Gasteiger partial charge on any atom is 0.410 e. The minimum atomic E-state index is -3.88. The van der Waals surface area contributed by atoms with Crippen molar-refractivity contribution in [1.29, 1.82) is 0 Å². The molecule has 1 amide bonds. The Kier molecular flexibility index (Phi) is 5.26. The second kappa shape index (κ2) is 6.73. The maximum absolute atomic E-state index is 12.0. The van der Waals surface area contributed by atoms with Gasteiger partial charge in [-0.05, 0) is 26.8 Å². The number of hydrogen-bond donors (Lipinski definition) is 1. The number of ether oxygens (including phenoxy) is 2. The van der Waals surface area contributed by atoms with Gasteiger partial charge < -0.3 is 14.4 Å². The molecule has 1 saturated heterocycles. The highest BCUT2D eigenvalue weighted by Gasteiger charge is 2.31. The standard InChI is InChI=1S/C14H20ClN3O5S/c1-14(2,3)23-13(19)18-5-4-9(8-18)22-12-11(15)6-10(7-17-12)24(16,20)21/h6-7,9H,4-5,8H2,1-3H3,(H2,16,20,21)/t9-/m1/s1. The summed E-state index contributed by atoms with van der Waals surface area (Å²) in [6.07, 6.45) is 0.964. The lowest BCUT2D eigenvalue weighted by Gasteiger charge is -2.24. The second-order valence-corrected chi connectivity index (χ2v) is 8.43. The molecule has 1 atom stereocenters. The zero-order chi connectivity index (χ0) is 18.1. The minimum Gasteiger partial charge on any atom is -0.471 e. The summed E-state index contributed by atoms with van der Waals surface area (Å²) >= 11 is 5.99. The lowest BCUT2D eigenvalue weighted by atomic mass is 10.2. The number of carbonyl (C=O) groups excluding carboxylic acids is 1. The first-order chi connectivity index (χ1) is 11.0. The van der Waals surface area contributed by atoms with Gasteiger partial charge in [-0.3, -0.25) is 0 Å². The Bertz CT molecular complexity index is 732. The molecule has 0 spiro atoms. The van der Waals surface area contributed by atoms with Crippen molar-refractivity contribution in [3.8, 4) is 5.88 Å². The van der Waals surface area contributed by atoms with Gasteiger partial charge in [-0.1, -0.05) is 11.6 Å². The van der Waals surface area contributed by atoms with Crippen LogP contribution in [0.5, 0.6) is 5.88 Å². The molecule has 1 aromatic heterocycles. The Morgan fingerprint density at radius 1 is 1.46 bits per heavy atom. The molecule has 0 aliphatic carbocycles. The zero-order valence-electron chi connectivity index (χ0n) is 13.7. The van der Waals surface area contributed by atoms with Crippen LogP contribution in [0.15, 0.2) is 17.2 Å². The summed E-state index contributed by atoms with van der Waals surface area (Å²) < 4.78 is 33.5. The van der Waals surface area contributed by atoms with Crippen molar-refractivity contribution >= 4 is 27.7 Å². The molecule has 1 aliphatic heterocycles. The molecule has 2 N–H and O–H groups in total. The zero-order valence-corrected chi connectivity index (χ0v) is 15.2. The first-order valence-corrected chi connectivity index (χ1v) is 9.21. The van der Waals surface area contributed by atoms with Crippen molar-refractivity contribution in [3.63, 3.8) is 0 Å². The van der Waals surface area contributed by atoms with E-state index < -0.39 is 21.7 Å². The van der Waals surface area contributed by atoms with E-state index in [-0.39, 0.29) is 21.9 Å². The normalized spacial score (nSPS) is 18.5. The highest BCUT2D eigenvalue weighted by molar-refractivity contribution is 7.89. The molecule has 10 heteroatoms. The highest BCUT2D eigenvalue weighted by atomic mass is 35.5. The van der Waals surface area contributed by atoms with E-state index >= 15 is 0 Å². The van der Waals surface area contributed by atoms with Crippen LogP contribution in [-0.2, 0) is 14.8 Å². The van der Waals surface area contributed by atoms with E-state index in [0.29, 0.717) is 19.5 Å². The monoisotopic (exact) mass is 377 g/mol. The Balaban J connectivity index is 2.00. The summed E-state index contributed by atoms with van der Waals surface area (Å²) in [6, 6.07) is 1.18. The van der Waals surface area contributed by atoms with Crippen LogP contribution >= 0.6 is 11.6 Å². The number of amides is 1. The first-order valence-electron chi connectivity index (χ1n) is 7.28. The van der Waals surface area contributed by atoms with Crippen LogP contribution in [0.25, 0.3) is 0 Å². The number of likely N-dealkylation sites (tertiary alicyclic amines) is 1. The van der Waals surface area contributed by atoms with Crippen LogP contribution < -0.4 is 9.88 Å². The summed E-state index contributed by atoms with van der Waals surface area (Å²) in [6.45, 7) is 6.22. The molecule has 1 fully saturated rings. The predicted octanol–water partition coefficient (Wildman–Crippen LogP) is 1.77. The number of sulfonamides is 1. The molecule has 134 valence electrons. The quantitative estimate of drug-likeness (QED) is 0.859. The van der Waals surface area contributed by atoms with Gasteiger partial charge in [0.1, 0.15) is 21.6 Å². The van der Waals surface area contributed by atoms with Crippen LogP contribution in [0.4, 0.5) is 4.79 Å². The van der Waals surface area contributed by atoms with Gasteiger partial charge in [-0.25, -0.2) is 23.3 Å². The fraction of sp³-hybridized carbons (Fsp3) is 0.571. The maximum atomic E-state index is 12.0. The largest absolute Gasteiger partial charge is 0.471 e. The molecule has 2 heterocycles. The first kappa shape index (κ1) is 18.8. The molecule has 1 aromatic rings. The average molecular weight is 378 g/mol. The molecule has 0 aromatic carbocycles. The number of rotatable bonds is 3. The fourth-order valence-electron chi connectivity index (χ4n) is 2.12. The number of aromatic nitrogens is 1. The van der Waals surface area contributed by atoms with Crippen molar-refractivity contribution in [1.82, 2.24) is 9.88 Å². The second-order valence-electron chi connectivity index (χ2n) is 6.46. The van der Waals surface area contributed by atoms with Crippen LogP contribution in [0.2, 0.25) is 5.02 Å². The van der Waals surface area contributed by atoms with E-state index in [1.54, 1.807) is 25.7 Å². The van der Waals surface area contributed by atoms with E-state index in [2.05, 4.69) is 4.98 Å². The van der Waals surface area contributed by atoms with Crippen molar-refractivity contribution in [2.24, 2.45) is 5.14 Å². The van der Waals surface area contributed by atoms with Crippen LogP contribution in [-0.4, -0.2) is 49.2 Å². The molecule has 8 nitrogen and oxygen atoms in total. The molecular formula is C14H20ClN3O5S. The lowest BCUT2D eigenvalue weighted by Crippen LogP contribution is -2.36. The summed E-state index contributed by atoms with van der Waals surface area (Å²) in [5.74, 6) is 0.0973. The Hall–Kier alpha value is -1.58. The molecule has 0 unspecified atom stereocenters. The molecule has 0 bridgehead atoms. The van der Waals surface area contributed by atoms with E-state index in [1.807, 2.05) is 0 Å². The van der Waals surface area contributed by atoms with E-state index in [4.69, 9.17) is 26.2 Å². The van der Waals surface area contributed by atoms with Crippen LogP contribution in [0.1, 0.15) is 27.2 Å². The molecule has 1 aliphatic rings. The number of hydrogen-bond acceptors (Lipinski definition) is 6.